The summed E-state index contributed by atoms with van der Waals surface area (Å²) in [5.41, 5.74) is 1.97. The average molecular weight is 422 g/mol. The second-order valence-electron chi connectivity index (χ2n) is 8.60. The standard InChI is InChI=1S/C25H31N3O3/c29-23-8-6-21(7-9-23)25(31)22-10-12-28(13-11-22)24(30)19-27-16-14-26(15-17-27)18-20-4-2-1-3-5-20/h1-9,22,29H,10-19H2. The molecule has 4 rings (SSSR count). The van der Waals surface area contributed by atoms with Gasteiger partial charge >= 0.3 is 0 Å². The molecule has 0 spiro atoms. The number of piperidine rings is 1. The minimum absolute atomic E-state index is 0.0462. The van der Waals surface area contributed by atoms with E-state index in [4.69, 9.17) is 0 Å². The Hall–Kier alpha value is -2.70. The minimum atomic E-state index is -0.0462. The van der Waals surface area contributed by atoms with E-state index >= 15 is 0 Å². The van der Waals surface area contributed by atoms with E-state index in [0.29, 0.717) is 38.0 Å². The predicted molar refractivity (Wildman–Crippen MR) is 120 cm³/mol. The zero-order valence-electron chi connectivity index (χ0n) is 17.9. The van der Waals surface area contributed by atoms with Crippen molar-refractivity contribution in [3.8, 4) is 5.75 Å². The summed E-state index contributed by atoms with van der Waals surface area (Å²) in [4.78, 5) is 32.1. The van der Waals surface area contributed by atoms with Gasteiger partial charge in [-0.1, -0.05) is 30.3 Å². The van der Waals surface area contributed by atoms with Crippen LogP contribution in [0.3, 0.4) is 0 Å². The molecule has 0 aliphatic carbocycles. The van der Waals surface area contributed by atoms with Crippen LogP contribution >= 0.6 is 0 Å². The van der Waals surface area contributed by atoms with Crippen molar-refractivity contribution in [2.45, 2.75) is 19.4 Å². The number of amides is 1. The molecule has 2 aliphatic rings. The van der Waals surface area contributed by atoms with Crippen molar-refractivity contribution in [3.05, 3.63) is 65.7 Å². The van der Waals surface area contributed by atoms with Crippen LogP contribution in [0.5, 0.6) is 5.75 Å². The second kappa shape index (κ2) is 10.1. The van der Waals surface area contributed by atoms with Crippen LogP contribution in [-0.4, -0.2) is 77.3 Å². The van der Waals surface area contributed by atoms with Crippen LogP contribution in [0.1, 0.15) is 28.8 Å². The monoisotopic (exact) mass is 421 g/mol. The Morgan fingerprint density at radius 2 is 1.42 bits per heavy atom. The van der Waals surface area contributed by atoms with Gasteiger partial charge in [0.25, 0.3) is 0 Å². The largest absolute Gasteiger partial charge is 0.508 e. The molecule has 31 heavy (non-hydrogen) atoms. The SMILES string of the molecule is O=C(c1ccc(O)cc1)C1CCN(C(=O)CN2CCN(Cc3ccccc3)CC2)CC1. The summed E-state index contributed by atoms with van der Waals surface area (Å²) in [6, 6.07) is 16.9. The molecule has 164 valence electrons. The summed E-state index contributed by atoms with van der Waals surface area (Å²) in [5, 5.41) is 9.40. The number of piperazine rings is 1. The predicted octanol–water partition coefficient (Wildman–Crippen LogP) is 2.63. The third-order valence-corrected chi connectivity index (χ3v) is 6.44. The van der Waals surface area contributed by atoms with Crippen molar-refractivity contribution in [2.75, 3.05) is 45.8 Å². The number of phenolic OH excluding ortho intramolecular Hbond substituents is 1. The molecule has 2 aromatic carbocycles. The fourth-order valence-corrected chi connectivity index (χ4v) is 4.49. The van der Waals surface area contributed by atoms with Gasteiger partial charge in [0.05, 0.1) is 6.54 Å². The zero-order valence-corrected chi connectivity index (χ0v) is 17.9. The number of phenols is 1. The zero-order chi connectivity index (χ0) is 21.6. The molecule has 0 bridgehead atoms. The molecule has 6 heteroatoms. The van der Waals surface area contributed by atoms with Crippen LogP contribution in [0.25, 0.3) is 0 Å². The van der Waals surface area contributed by atoms with Crippen LogP contribution in [0.4, 0.5) is 0 Å². The number of Topliss-reactive ketones (excluding diaryl/α,β-unsaturated/α-hetero) is 1. The number of ketones is 1. The summed E-state index contributed by atoms with van der Waals surface area (Å²) in [6.45, 7) is 6.49. The molecule has 2 saturated heterocycles. The Bertz CT molecular complexity index is 869. The van der Waals surface area contributed by atoms with Gasteiger partial charge in [0.2, 0.25) is 5.91 Å². The normalized spacial score (nSPS) is 18.8. The third kappa shape index (κ3) is 5.71. The lowest BCUT2D eigenvalue weighted by Gasteiger charge is -2.37. The van der Waals surface area contributed by atoms with Crippen LogP contribution < -0.4 is 0 Å². The Labute approximate surface area is 184 Å². The highest BCUT2D eigenvalue weighted by atomic mass is 16.3. The summed E-state index contributed by atoms with van der Waals surface area (Å²) in [5.74, 6) is 0.404. The molecule has 0 aromatic heterocycles. The molecule has 0 radical (unpaired) electrons. The minimum Gasteiger partial charge on any atom is -0.508 e. The quantitative estimate of drug-likeness (QED) is 0.727. The van der Waals surface area contributed by atoms with Gasteiger partial charge in [-0.05, 0) is 42.7 Å². The van der Waals surface area contributed by atoms with Crippen LogP contribution in [0, 0.1) is 5.92 Å². The van der Waals surface area contributed by atoms with Crippen LogP contribution in [0.2, 0.25) is 0 Å². The highest BCUT2D eigenvalue weighted by molar-refractivity contribution is 5.98. The maximum atomic E-state index is 12.8. The molecule has 2 heterocycles. The average Bonchev–Trinajstić information content (AvgIpc) is 2.81. The number of rotatable bonds is 6. The number of carbonyl (C=O) groups is 2. The summed E-state index contributed by atoms with van der Waals surface area (Å²) in [6.07, 6.45) is 1.41. The number of hydrogen-bond acceptors (Lipinski definition) is 5. The maximum Gasteiger partial charge on any atom is 0.236 e. The lowest BCUT2D eigenvalue weighted by atomic mass is 9.89. The van der Waals surface area contributed by atoms with Gasteiger partial charge in [-0.25, -0.2) is 0 Å². The van der Waals surface area contributed by atoms with Gasteiger partial charge in [0.1, 0.15) is 5.75 Å². The summed E-state index contributed by atoms with van der Waals surface area (Å²) < 4.78 is 0. The Balaban J connectivity index is 1.19. The molecule has 0 atom stereocenters. The smallest absolute Gasteiger partial charge is 0.236 e. The van der Waals surface area contributed by atoms with Crippen LogP contribution in [-0.2, 0) is 11.3 Å². The first-order chi connectivity index (χ1) is 15.1. The van der Waals surface area contributed by atoms with Crippen molar-refractivity contribution >= 4 is 11.7 Å². The summed E-state index contributed by atoms with van der Waals surface area (Å²) in [7, 11) is 0. The molecule has 2 fully saturated rings. The fraction of sp³-hybridized carbons (Fsp3) is 0.440. The van der Waals surface area contributed by atoms with E-state index in [-0.39, 0.29) is 23.4 Å². The van der Waals surface area contributed by atoms with E-state index in [0.717, 1.165) is 32.7 Å². The van der Waals surface area contributed by atoms with Gasteiger partial charge in [0.15, 0.2) is 5.78 Å². The first-order valence-electron chi connectivity index (χ1n) is 11.2. The van der Waals surface area contributed by atoms with Crippen molar-refractivity contribution in [2.24, 2.45) is 5.92 Å². The van der Waals surface area contributed by atoms with E-state index in [1.54, 1.807) is 24.3 Å². The first-order valence-corrected chi connectivity index (χ1v) is 11.2. The van der Waals surface area contributed by atoms with Crippen molar-refractivity contribution in [1.29, 1.82) is 0 Å². The third-order valence-electron chi connectivity index (χ3n) is 6.44. The molecule has 0 unspecified atom stereocenters. The fourth-order valence-electron chi connectivity index (χ4n) is 4.49. The molecule has 6 nitrogen and oxygen atoms in total. The van der Waals surface area contributed by atoms with Gasteiger partial charge in [-0.3, -0.25) is 19.4 Å². The van der Waals surface area contributed by atoms with Crippen molar-refractivity contribution in [1.82, 2.24) is 14.7 Å². The van der Waals surface area contributed by atoms with Crippen molar-refractivity contribution < 1.29 is 14.7 Å². The number of benzene rings is 2. The molecule has 1 amide bonds. The maximum absolute atomic E-state index is 12.8. The number of hydrogen-bond donors (Lipinski definition) is 1. The van der Waals surface area contributed by atoms with Gasteiger partial charge in [-0.15, -0.1) is 0 Å². The van der Waals surface area contributed by atoms with E-state index < -0.39 is 0 Å². The molecule has 1 N–H and O–H groups in total. The summed E-state index contributed by atoms with van der Waals surface area (Å²) >= 11 is 0. The number of nitrogens with zero attached hydrogens (tertiary/aromatic N) is 3. The van der Waals surface area contributed by atoms with Crippen LogP contribution in [0.15, 0.2) is 54.6 Å². The first kappa shape index (κ1) is 21.5. The van der Waals surface area contributed by atoms with E-state index in [1.165, 1.54) is 5.56 Å². The van der Waals surface area contributed by atoms with E-state index in [1.807, 2.05) is 11.0 Å². The molecule has 2 aromatic rings. The van der Waals surface area contributed by atoms with E-state index in [2.05, 4.69) is 34.1 Å². The molecule has 2 aliphatic heterocycles. The number of likely N-dealkylation sites (tertiary alicyclic amines) is 1. The Morgan fingerprint density at radius 1 is 0.806 bits per heavy atom. The lowest BCUT2D eigenvalue weighted by Crippen LogP contribution is -2.51. The highest BCUT2D eigenvalue weighted by Gasteiger charge is 2.29. The Kier molecular flexibility index (Phi) is 6.99. The molecular weight excluding hydrogens is 390 g/mol. The topological polar surface area (TPSA) is 64.1 Å². The number of aromatic hydroxyl groups is 1. The van der Waals surface area contributed by atoms with Gasteiger partial charge in [-0.2, -0.15) is 0 Å². The lowest BCUT2D eigenvalue weighted by molar-refractivity contribution is -0.134. The van der Waals surface area contributed by atoms with Gasteiger partial charge in [0, 0.05) is 57.3 Å². The molecule has 0 saturated carbocycles. The van der Waals surface area contributed by atoms with Crippen molar-refractivity contribution in [3.63, 3.8) is 0 Å². The Morgan fingerprint density at radius 3 is 2.06 bits per heavy atom. The second-order valence-corrected chi connectivity index (χ2v) is 8.60. The number of carbonyl (C=O) groups excluding carboxylic acids is 2. The van der Waals surface area contributed by atoms with Gasteiger partial charge < -0.3 is 10.0 Å². The highest BCUT2D eigenvalue weighted by Crippen LogP contribution is 2.23. The van der Waals surface area contributed by atoms with E-state index in [9.17, 15) is 14.7 Å². The molecular formula is C25H31N3O3.